The van der Waals surface area contributed by atoms with E-state index in [-0.39, 0.29) is 18.4 Å². The second kappa shape index (κ2) is 6.73. The Balaban J connectivity index is 1.53. The number of aromatic nitrogens is 1. The van der Waals surface area contributed by atoms with Gasteiger partial charge in [-0.2, -0.15) is 0 Å². The Morgan fingerprint density at radius 1 is 1.27 bits per heavy atom. The molecule has 0 bridgehead atoms. The summed E-state index contributed by atoms with van der Waals surface area (Å²) < 4.78 is 23.3. The van der Waals surface area contributed by atoms with Crippen LogP contribution in [0.25, 0.3) is 11.3 Å². The topological polar surface area (TPSA) is 52.3 Å². The average Bonchev–Trinajstić information content (AvgIpc) is 3.17. The van der Waals surface area contributed by atoms with Gasteiger partial charge in [-0.15, -0.1) is 0 Å². The first kappa shape index (κ1) is 14.8. The monoisotopic (exact) mass is 303 g/mol. The fourth-order valence-corrected chi connectivity index (χ4v) is 2.79. The van der Waals surface area contributed by atoms with Gasteiger partial charge in [0, 0.05) is 18.1 Å². The van der Waals surface area contributed by atoms with E-state index >= 15 is 0 Å². The molecule has 0 atom stereocenters. The second-order valence-electron chi connectivity index (χ2n) is 5.70. The highest BCUT2D eigenvalue weighted by Crippen LogP contribution is 2.28. The van der Waals surface area contributed by atoms with Crippen LogP contribution in [-0.2, 0) is 16.1 Å². The van der Waals surface area contributed by atoms with Gasteiger partial charge < -0.3 is 9.26 Å². The summed E-state index contributed by atoms with van der Waals surface area (Å²) >= 11 is 0. The van der Waals surface area contributed by atoms with Gasteiger partial charge >= 0.3 is 5.97 Å². The molecule has 0 spiro atoms. The Morgan fingerprint density at radius 3 is 2.73 bits per heavy atom. The predicted molar refractivity (Wildman–Crippen MR) is 78.3 cm³/mol. The molecule has 1 aromatic heterocycles. The molecule has 3 rings (SSSR count). The van der Waals surface area contributed by atoms with Crippen LogP contribution < -0.4 is 0 Å². The van der Waals surface area contributed by atoms with E-state index in [1.807, 2.05) is 0 Å². The van der Waals surface area contributed by atoms with Gasteiger partial charge in [0.2, 0.25) is 0 Å². The van der Waals surface area contributed by atoms with Crippen molar-refractivity contribution >= 4 is 5.97 Å². The molecule has 0 amide bonds. The van der Waals surface area contributed by atoms with Crippen molar-refractivity contribution in [2.24, 2.45) is 5.92 Å². The lowest BCUT2D eigenvalue weighted by molar-refractivity contribution is -0.146. The third kappa shape index (κ3) is 3.72. The van der Waals surface area contributed by atoms with Crippen molar-refractivity contribution in [1.29, 1.82) is 0 Å². The molecule has 5 heteroatoms. The molecule has 2 aromatic rings. The van der Waals surface area contributed by atoms with Crippen molar-refractivity contribution in [3.05, 3.63) is 41.8 Å². The summed E-state index contributed by atoms with van der Waals surface area (Å²) in [5.74, 6) is 0.518. The average molecular weight is 303 g/mol. The number of carbonyl (C=O) groups excluding carboxylic acids is 1. The first-order valence-corrected chi connectivity index (χ1v) is 7.58. The zero-order chi connectivity index (χ0) is 15.4. The van der Waals surface area contributed by atoms with Crippen LogP contribution in [0.5, 0.6) is 0 Å². The minimum absolute atomic E-state index is 0.107. The Morgan fingerprint density at radius 2 is 2.00 bits per heavy atom. The van der Waals surface area contributed by atoms with Gasteiger partial charge in [0.25, 0.3) is 0 Å². The molecule has 1 fully saturated rings. The lowest BCUT2D eigenvalue weighted by Gasteiger charge is -2.07. The summed E-state index contributed by atoms with van der Waals surface area (Å²) in [5.41, 5.74) is 1.29. The molecule has 22 heavy (non-hydrogen) atoms. The number of hydrogen-bond donors (Lipinski definition) is 0. The minimum atomic E-state index is -0.302. The first-order chi connectivity index (χ1) is 10.7. The van der Waals surface area contributed by atoms with Gasteiger partial charge in [-0.05, 0) is 43.0 Å². The van der Waals surface area contributed by atoms with Gasteiger partial charge in [-0.25, -0.2) is 4.39 Å². The zero-order valence-corrected chi connectivity index (χ0v) is 12.3. The number of esters is 1. The molecule has 116 valence electrons. The van der Waals surface area contributed by atoms with Gasteiger partial charge in [-0.3, -0.25) is 4.79 Å². The Hall–Kier alpha value is -2.17. The molecular weight excluding hydrogens is 285 g/mol. The zero-order valence-electron chi connectivity index (χ0n) is 12.3. The third-order valence-corrected chi connectivity index (χ3v) is 4.00. The molecule has 1 aromatic carbocycles. The van der Waals surface area contributed by atoms with Crippen LogP contribution in [0.3, 0.4) is 0 Å². The van der Waals surface area contributed by atoms with E-state index in [1.165, 1.54) is 25.0 Å². The van der Waals surface area contributed by atoms with Crippen molar-refractivity contribution in [2.75, 3.05) is 0 Å². The molecule has 4 nitrogen and oxygen atoms in total. The summed E-state index contributed by atoms with van der Waals surface area (Å²) in [6.07, 6.45) is 5.15. The molecule has 0 radical (unpaired) electrons. The molecular formula is C17H18FNO3. The van der Waals surface area contributed by atoms with Gasteiger partial charge in [0.1, 0.15) is 18.1 Å². The third-order valence-electron chi connectivity index (χ3n) is 4.00. The van der Waals surface area contributed by atoms with Crippen LogP contribution in [0.15, 0.2) is 34.9 Å². The lowest BCUT2D eigenvalue weighted by atomic mass is 10.0. The number of hydrogen-bond acceptors (Lipinski definition) is 4. The Bertz CT molecular complexity index is 630. The summed E-state index contributed by atoms with van der Waals surface area (Å²) in [5, 5.41) is 3.87. The molecule has 0 N–H and O–H groups in total. The number of benzene rings is 1. The van der Waals surface area contributed by atoms with Gasteiger partial charge in [0.05, 0.1) is 0 Å². The minimum Gasteiger partial charge on any atom is -0.459 e. The van der Waals surface area contributed by atoms with Crippen LogP contribution in [0.2, 0.25) is 0 Å². The van der Waals surface area contributed by atoms with E-state index in [4.69, 9.17) is 9.26 Å². The lowest BCUT2D eigenvalue weighted by Crippen LogP contribution is -2.09. The second-order valence-corrected chi connectivity index (χ2v) is 5.70. The summed E-state index contributed by atoms with van der Waals surface area (Å²) in [4.78, 5) is 11.8. The maximum absolute atomic E-state index is 12.9. The van der Waals surface area contributed by atoms with Crippen molar-refractivity contribution in [2.45, 2.75) is 38.7 Å². The normalized spacial score (nSPS) is 15.1. The van der Waals surface area contributed by atoms with Crippen LogP contribution in [0.1, 0.15) is 37.8 Å². The Kier molecular flexibility index (Phi) is 4.51. The van der Waals surface area contributed by atoms with Gasteiger partial charge in [0.15, 0.2) is 5.76 Å². The maximum atomic E-state index is 12.9. The van der Waals surface area contributed by atoms with Gasteiger partial charge in [-0.1, -0.05) is 18.0 Å². The molecule has 0 unspecified atom stereocenters. The highest BCUT2D eigenvalue weighted by atomic mass is 19.1. The van der Waals surface area contributed by atoms with Crippen LogP contribution >= 0.6 is 0 Å². The van der Waals surface area contributed by atoms with E-state index in [0.29, 0.717) is 23.8 Å². The molecule has 0 aliphatic heterocycles. The van der Waals surface area contributed by atoms with E-state index in [1.54, 1.807) is 18.2 Å². The quantitative estimate of drug-likeness (QED) is 0.780. The van der Waals surface area contributed by atoms with E-state index in [2.05, 4.69) is 5.16 Å². The molecule has 1 heterocycles. The smallest absolute Gasteiger partial charge is 0.306 e. The number of rotatable bonds is 5. The largest absolute Gasteiger partial charge is 0.459 e. The van der Waals surface area contributed by atoms with Crippen molar-refractivity contribution in [3.63, 3.8) is 0 Å². The Labute approximate surface area is 128 Å². The van der Waals surface area contributed by atoms with E-state index in [0.717, 1.165) is 18.4 Å². The number of nitrogens with zero attached hydrogens (tertiary/aromatic N) is 1. The SMILES string of the molecule is O=C(CC1CCCC1)OCc1cc(-c2ccc(F)cc2)on1. The van der Waals surface area contributed by atoms with Crippen molar-refractivity contribution < 1.29 is 18.4 Å². The fraction of sp³-hybridized carbons (Fsp3) is 0.412. The maximum Gasteiger partial charge on any atom is 0.306 e. The summed E-state index contributed by atoms with van der Waals surface area (Å²) in [6, 6.07) is 7.66. The van der Waals surface area contributed by atoms with E-state index < -0.39 is 0 Å². The van der Waals surface area contributed by atoms with Crippen molar-refractivity contribution in [1.82, 2.24) is 5.16 Å². The molecule has 1 aliphatic rings. The molecule has 1 aliphatic carbocycles. The van der Waals surface area contributed by atoms with Crippen LogP contribution in [0.4, 0.5) is 4.39 Å². The molecule has 1 saturated carbocycles. The number of carbonyl (C=O) groups is 1. The van der Waals surface area contributed by atoms with Crippen LogP contribution in [0, 0.1) is 11.7 Å². The number of ether oxygens (including phenoxy) is 1. The highest BCUT2D eigenvalue weighted by molar-refractivity contribution is 5.69. The predicted octanol–water partition coefficient (Wildman–Crippen LogP) is 4.10. The summed E-state index contributed by atoms with van der Waals surface area (Å²) in [7, 11) is 0. The highest BCUT2D eigenvalue weighted by Gasteiger charge is 2.19. The summed E-state index contributed by atoms with van der Waals surface area (Å²) in [6.45, 7) is 0.107. The standard InChI is InChI=1S/C17H18FNO3/c18-14-7-5-13(6-8-14)16-10-15(19-22-16)11-21-17(20)9-12-3-1-2-4-12/h5-8,10,12H,1-4,9,11H2. The van der Waals surface area contributed by atoms with Crippen molar-refractivity contribution in [3.8, 4) is 11.3 Å². The number of halogens is 1. The van der Waals surface area contributed by atoms with E-state index in [9.17, 15) is 9.18 Å². The van der Waals surface area contributed by atoms with Crippen LogP contribution in [-0.4, -0.2) is 11.1 Å². The fourth-order valence-electron chi connectivity index (χ4n) is 2.79. The first-order valence-electron chi connectivity index (χ1n) is 7.58. The molecule has 0 saturated heterocycles.